The quantitative estimate of drug-likeness (QED) is 0.199. The SMILES string of the molecule is O=C1S/C(=C/c2ccc(Oc3ccc(C(F)(F)F)cc3[N+](=O)[O-])cc2)C(=O)N1c1cccc(Cl)c1. The summed E-state index contributed by atoms with van der Waals surface area (Å²) in [7, 11) is 0. The summed E-state index contributed by atoms with van der Waals surface area (Å²) in [4.78, 5) is 36.5. The van der Waals surface area contributed by atoms with E-state index in [4.69, 9.17) is 16.3 Å². The van der Waals surface area contributed by atoms with Gasteiger partial charge < -0.3 is 4.74 Å². The first-order valence-electron chi connectivity index (χ1n) is 9.70. The molecule has 1 fully saturated rings. The third-order valence-electron chi connectivity index (χ3n) is 4.75. The molecule has 3 aromatic rings. The number of imide groups is 1. The third kappa shape index (κ3) is 5.31. The molecule has 4 rings (SSSR count). The van der Waals surface area contributed by atoms with Gasteiger partial charge in [0.1, 0.15) is 5.75 Å². The Labute approximate surface area is 204 Å². The Balaban J connectivity index is 1.54. The Morgan fingerprint density at radius 2 is 1.74 bits per heavy atom. The number of benzene rings is 3. The summed E-state index contributed by atoms with van der Waals surface area (Å²) in [5.41, 5.74) is -1.14. The number of alkyl halides is 3. The lowest BCUT2D eigenvalue weighted by Crippen LogP contribution is -2.27. The molecule has 1 heterocycles. The van der Waals surface area contributed by atoms with Gasteiger partial charge in [-0.25, -0.2) is 4.90 Å². The number of nitrogens with zero attached hydrogens (tertiary/aromatic N) is 2. The van der Waals surface area contributed by atoms with Crippen molar-refractivity contribution < 1.29 is 32.4 Å². The highest BCUT2D eigenvalue weighted by atomic mass is 35.5. The van der Waals surface area contributed by atoms with Crippen LogP contribution in [0.25, 0.3) is 6.08 Å². The summed E-state index contributed by atoms with van der Waals surface area (Å²) < 4.78 is 44.0. The van der Waals surface area contributed by atoms with Crippen LogP contribution in [0.5, 0.6) is 11.5 Å². The number of halogens is 4. The molecule has 0 atom stereocenters. The van der Waals surface area contributed by atoms with Gasteiger partial charge in [-0.3, -0.25) is 19.7 Å². The molecular weight excluding hydrogens is 509 g/mol. The second-order valence-electron chi connectivity index (χ2n) is 7.11. The van der Waals surface area contributed by atoms with E-state index >= 15 is 0 Å². The molecule has 7 nitrogen and oxygen atoms in total. The maximum absolute atomic E-state index is 12.9. The first-order chi connectivity index (χ1) is 16.5. The summed E-state index contributed by atoms with van der Waals surface area (Å²) in [5, 5.41) is 11.1. The van der Waals surface area contributed by atoms with E-state index in [0.717, 1.165) is 22.7 Å². The Hall–Kier alpha value is -3.83. The molecule has 1 aliphatic rings. The minimum atomic E-state index is -4.74. The number of rotatable bonds is 5. The second-order valence-corrected chi connectivity index (χ2v) is 8.54. The third-order valence-corrected chi connectivity index (χ3v) is 5.85. The molecule has 0 spiro atoms. The largest absolute Gasteiger partial charge is 0.450 e. The van der Waals surface area contributed by atoms with E-state index in [9.17, 15) is 32.9 Å². The number of carbonyl (C=O) groups is 2. The van der Waals surface area contributed by atoms with E-state index in [1.807, 2.05) is 0 Å². The summed E-state index contributed by atoms with van der Waals surface area (Å²) in [6, 6.07) is 14.2. The predicted octanol–water partition coefficient (Wildman–Crippen LogP) is 7.30. The van der Waals surface area contributed by atoms with E-state index in [1.54, 1.807) is 18.2 Å². The normalized spacial score (nSPS) is 15.1. The number of hydrogen-bond acceptors (Lipinski definition) is 6. The monoisotopic (exact) mass is 520 g/mol. The Morgan fingerprint density at radius 3 is 2.37 bits per heavy atom. The number of ether oxygens (including phenoxy) is 1. The van der Waals surface area contributed by atoms with Gasteiger partial charge in [-0.2, -0.15) is 13.2 Å². The van der Waals surface area contributed by atoms with Crippen LogP contribution in [0.3, 0.4) is 0 Å². The predicted molar refractivity (Wildman–Crippen MR) is 125 cm³/mol. The lowest BCUT2D eigenvalue weighted by molar-refractivity contribution is -0.385. The van der Waals surface area contributed by atoms with Crippen molar-refractivity contribution in [3.63, 3.8) is 0 Å². The first kappa shape index (κ1) is 24.3. The fourth-order valence-corrected chi connectivity index (χ4v) is 4.16. The van der Waals surface area contributed by atoms with Crippen LogP contribution < -0.4 is 9.64 Å². The molecule has 0 bridgehead atoms. The number of carbonyl (C=O) groups excluding carboxylic acids is 2. The van der Waals surface area contributed by atoms with Gasteiger partial charge in [-0.15, -0.1) is 0 Å². The maximum Gasteiger partial charge on any atom is 0.416 e. The maximum atomic E-state index is 12.9. The lowest BCUT2D eigenvalue weighted by Gasteiger charge is -2.12. The fourth-order valence-electron chi connectivity index (χ4n) is 3.14. The summed E-state index contributed by atoms with van der Waals surface area (Å²) in [6.07, 6.45) is -3.25. The molecule has 0 saturated carbocycles. The van der Waals surface area contributed by atoms with Crippen molar-refractivity contribution in [2.45, 2.75) is 6.18 Å². The number of nitro groups is 1. The van der Waals surface area contributed by atoms with Crippen LogP contribution in [0, 0.1) is 10.1 Å². The van der Waals surface area contributed by atoms with Crippen molar-refractivity contribution in [3.8, 4) is 11.5 Å². The van der Waals surface area contributed by atoms with Crippen molar-refractivity contribution in [2.24, 2.45) is 0 Å². The van der Waals surface area contributed by atoms with Gasteiger partial charge in [0, 0.05) is 11.1 Å². The van der Waals surface area contributed by atoms with Crippen LogP contribution >= 0.6 is 23.4 Å². The van der Waals surface area contributed by atoms with Crippen molar-refractivity contribution in [1.29, 1.82) is 0 Å². The van der Waals surface area contributed by atoms with E-state index in [0.29, 0.717) is 28.4 Å². The van der Waals surface area contributed by atoms with Crippen LogP contribution in [0.15, 0.2) is 71.6 Å². The zero-order valence-electron chi connectivity index (χ0n) is 17.3. The molecule has 0 N–H and O–H groups in total. The first-order valence-corrected chi connectivity index (χ1v) is 10.9. The van der Waals surface area contributed by atoms with Crippen LogP contribution in [0.1, 0.15) is 11.1 Å². The van der Waals surface area contributed by atoms with Gasteiger partial charge in [0.2, 0.25) is 5.75 Å². The molecule has 178 valence electrons. The van der Waals surface area contributed by atoms with E-state index < -0.39 is 33.5 Å². The minimum absolute atomic E-state index is 0.122. The number of nitro benzene ring substituents is 1. The molecule has 0 aromatic heterocycles. The smallest absolute Gasteiger partial charge is 0.416 e. The number of amides is 2. The highest BCUT2D eigenvalue weighted by Crippen LogP contribution is 2.39. The number of anilines is 1. The second kappa shape index (κ2) is 9.43. The molecule has 2 amide bonds. The highest BCUT2D eigenvalue weighted by Gasteiger charge is 2.36. The molecule has 3 aromatic carbocycles. The fraction of sp³-hybridized carbons (Fsp3) is 0.0435. The van der Waals surface area contributed by atoms with Gasteiger partial charge in [-0.05, 0) is 65.9 Å². The van der Waals surface area contributed by atoms with E-state index in [2.05, 4.69) is 0 Å². The van der Waals surface area contributed by atoms with Gasteiger partial charge in [0.25, 0.3) is 11.1 Å². The van der Waals surface area contributed by atoms with Gasteiger partial charge in [-0.1, -0.05) is 29.8 Å². The van der Waals surface area contributed by atoms with E-state index in [1.165, 1.54) is 36.4 Å². The minimum Gasteiger partial charge on any atom is -0.450 e. The molecular formula is C23H12ClF3N2O5S. The zero-order valence-corrected chi connectivity index (χ0v) is 18.9. The summed E-state index contributed by atoms with van der Waals surface area (Å²) in [6.45, 7) is 0. The van der Waals surface area contributed by atoms with Gasteiger partial charge in [0.15, 0.2) is 0 Å². The molecule has 0 radical (unpaired) electrons. The standard InChI is InChI=1S/C23H12ClF3N2O5S/c24-15-2-1-3-16(12-15)28-21(30)20(35-22(28)31)10-13-4-7-17(8-5-13)34-19-9-6-14(23(25,26)27)11-18(19)29(32)33/h1-12H/b20-10+. The van der Waals surface area contributed by atoms with Crippen LogP contribution in [0.4, 0.5) is 29.3 Å². The number of hydrogen-bond donors (Lipinski definition) is 0. The Kier molecular flexibility index (Phi) is 6.55. The van der Waals surface area contributed by atoms with Crippen molar-refractivity contribution >= 4 is 52.0 Å². The Bertz CT molecular complexity index is 1380. The van der Waals surface area contributed by atoms with Crippen LogP contribution in [0.2, 0.25) is 5.02 Å². The number of thioether (sulfide) groups is 1. The Morgan fingerprint density at radius 1 is 1.03 bits per heavy atom. The van der Waals surface area contributed by atoms with Gasteiger partial charge >= 0.3 is 11.9 Å². The lowest BCUT2D eigenvalue weighted by atomic mass is 10.1. The van der Waals surface area contributed by atoms with E-state index in [-0.39, 0.29) is 16.4 Å². The molecule has 35 heavy (non-hydrogen) atoms. The molecule has 0 aliphatic carbocycles. The zero-order chi connectivity index (χ0) is 25.3. The van der Waals surface area contributed by atoms with Crippen molar-refractivity contribution in [3.05, 3.63) is 97.9 Å². The van der Waals surface area contributed by atoms with Gasteiger partial charge in [0.05, 0.1) is 21.1 Å². The summed E-state index contributed by atoms with van der Waals surface area (Å²) >= 11 is 6.69. The van der Waals surface area contributed by atoms with Crippen molar-refractivity contribution in [1.82, 2.24) is 0 Å². The van der Waals surface area contributed by atoms with Crippen LogP contribution in [-0.2, 0) is 11.0 Å². The molecule has 0 unspecified atom stereocenters. The molecule has 1 saturated heterocycles. The molecule has 1 aliphatic heterocycles. The average molecular weight is 521 g/mol. The topological polar surface area (TPSA) is 89.7 Å². The van der Waals surface area contributed by atoms with Crippen LogP contribution in [-0.4, -0.2) is 16.1 Å². The average Bonchev–Trinajstić information content (AvgIpc) is 3.07. The van der Waals surface area contributed by atoms with Crippen molar-refractivity contribution in [2.75, 3.05) is 4.90 Å². The highest BCUT2D eigenvalue weighted by molar-refractivity contribution is 8.19. The molecule has 12 heteroatoms. The summed E-state index contributed by atoms with van der Waals surface area (Å²) in [5.74, 6) is -0.765.